The molecule has 0 radical (unpaired) electrons. The van der Waals surface area contributed by atoms with E-state index in [9.17, 15) is 19.5 Å². The maximum Gasteiger partial charge on any atom is 0.248 e. The summed E-state index contributed by atoms with van der Waals surface area (Å²) in [4.78, 5) is 48.6. The van der Waals surface area contributed by atoms with E-state index in [-0.39, 0.29) is 24.3 Å². The van der Waals surface area contributed by atoms with Crippen LogP contribution in [-0.4, -0.2) is 81.5 Å². The average Bonchev–Trinajstić information content (AvgIpc) is 3.67. The van der Waals surface area contributed by atoms with Crippen LogP contribution < -0.4 is 0 Å². The molecule has 2 aromatic rings. The Labute approximate surface area is 254 Å². The van der Waals surface area contributed by atoms with Gasteiger partial charge in [0, 0.05) is 26.2 Å². The lowest BCUT2D eigenvalue weighted by molar-refractivity contribution is -0.152. The van der Waals surface area contributed by atoms with Crippen molar-refractivity contribution >= 4 is 17.7 Å². The van der Waals surface area contributed by atoms with Crippen molar-refractivity contribution < 1.29 is 24.2 Å². The molecule has 3 heterocycles. The van der Waals surface area contributed by atoms with E-state index in [1.165, 1.54) is 0 Å². The fourth-order valence-electron chi connectivity index (χ4n) is 7.39. The van der Waals surface area contributed by atoms with Gasteiger partial charge < -0.3 is 24.5 Å². The largest absolute Gasteiger partial charge is 0.394 e. The van der Waals surface area contributed by atoms with Crippen LogP contribution in [0.4, 0.5) is 0 Å². The normalized spacial score (nSPS) is 26.2. The number of unbranched alkanes of at least 4 members (excludes halogenated alkanes) is 1. The summed E-state index contributed by atoms with van der Waals surface area (Å²) in [5, 5.41) is 10.7. The number of ether oxygens (including phenoxy) is 1. The van der Waals surface area contributed by atoms with Crippen LogP contribution in [0.25, 0.3) is 0 Å². The van der Waals surface area contributed by atoms with Gasteiger partial charge in [-0.05, 0) is 30.4 Å². The molecule has 0 aliphatic carbocycles. The lowest BCUT2D eigenvalue weighted by Gasteiger charge is -2.39. The third-order valence-electron chi connectivity index (χ3n) is 9.27. The summed E-state index contributed by atoms with van der Waals surface area (Å²) >= 11 is 0. The van der Waals surface area contributed by atoms with Gasteiger partial charge in [-0.1, -0.05) is 86.2 Å². The van der Waals surface area contributed by atoms with Gasteiger partial charge in [0.2, 0.25) is 17.7 Å². The number of aliphatic hydroxyl groups is 1. The van der Waals surface area contributed by atoms with E-state index in [4.69, 9.17) is 4.74 Å². The summed E-state index contributed by atoms with van der Waals surface area (Å²) in [6.07, 6.45) is 5.71. The highest BCUT2D eigenvalue weighted by Gasteiger charge is 2.75. The van der Waals surface area contributed by atoms with Crippen LogP contribution in [0, 0.1) is 11.8 Å². The number of amides is 3. The van der Waals surface area contributed by atoms with E-state index < -0.39 is 35.6 Å². The standard InChI is InChI=1S/C35H43N3O5/c1-4-7-22-36(20-5-2)34(42)31-35-19-18-28(43-35)29(32(40)37(21-6-3)23-25-14-10-8-11-15-25)30(35)33(41)38(31)27(24-39)26-16-12-9-13-17-26/h5-6,8-17,27-31,39H,2-4,7,18-24H2,1H3/t27-,28+,29-,30+,31?,35?/m1/s1. The number of nitrogens with zero attached hydrogens (tertiary/aromatic N) is 3. The zero-order valence-electron chi connectivity index (χ0n) is 25.0. The molecule has 5 rings (SSSR count). The Hall–Kier alpha value is -3.75. The molecule has 2 aromatic carbocycles. The lowest BCUT2D eigenvalue weighted by Crippen LogP contribution is -2.57. The van der Waals surface area contributed by atoms with Crippen LogP contribution in [0.2, 0.25) is 0 Å². The molecule has 0 aromatic heterocycles. The highest BCUT2D eigenvalue weighted by atomic mass is 16.5. The topological polar surface area (TPSA) is 90.4 Å². The summed E-state index contributed by atoms with van der Waals surface area (Å²) in [7, 11) is 0. The molecule has 2 bridgehead atoms. The van der Waals surface area contributed by atoms with Crippen LogP contribution in [0.1, 0.15) is 49.8 Å². The highest BCUT2D eigenvalue weighted by Crippen LogP contribution is 2.60. The summed E-state index contributed by atoms with van der Waals surface area (Å²) in [6.45, 7) is 11.0. The maximum absolute atomic E-state index is 14.7. The first-order valence-electron chi connectivity index (χ1n) is 15.4. The monoisotopic (exact) mass is 585 g/mol. The summed E-state index contributed by atoms with van der Waals surface area (Å²) in [5.74, 6) is -2.27. The van der Waals surface area contributed by atoms with Crippen molar-refractivity contribution in [3.63, 3.8) is 0 Å². The number of benzene rings is 2. The number of hydrogen-bond donors (Lipinski definition) is 1. The predicted molar refractivity (Wildman–Crippen MR) is 164 cm³/mol. The van der Waals surface area contributed by atoms with Gasteiger partial charge in [0.1, 0.15) is 11.6 Å². The molecule has 228 valence electrons. The number of aliphatic hydroxyl groups excluding tert-OH is 1. The Bertz CT molecular complexity index is 1320. The van der Waals surface area contributed by atoms with Crippen LogP contribution in [0.3, 0.4) is 0 Å². The second-order valence-corrected chi connectivity index (χ2v) is 11.8. The van der Waals surface area contributed by atoms with E-state index in [0.29, 0.717) is 39.0 Å². The fourth-order valence-corrected chi connectivity index (χ4v) is 7.39. The third-order valence-corrected chi connectivity index (χ3v) is 9.27. The molecule has 43 heavy (non-hydrogen) atoms. The lowest BCUT2D eigenvalue weighted by atomic mass is 9.70. The van der Waals surface area contributed by atoms with Gasteiger partial charge in [-0.2, -0.15) is 0 Å². The highest BCUT2D eigenvalue weighted by molar-refractivity contribution is 5.99. The molecular formula is C35H43N3O5. The molecule has 3 fully saturated rings. The van der Waals surface area contributed by atoms with Gasteiger partial charge >= 0.3 is 0 Å². The molecule has 8 nitrogen and oxygen atoms in total. The van der Waals surface area contributed by atoms with Crippen molar-refractivity contribution in [2.24, 2.45) is 11.8 Å². The Morgan fingerprint density at radius 1 is 1.05 bits per heavy atom. The van der Waals surface area contributed by atoms with Crippen molar-refractivity contribution in [1.82, 2.24) is 14.7 Å². The zero-order chi connectivity index (χ0) is 30.6. The zero-order valence-corrected chi connectivity index (χ0v) is 25.0. The second-order valence-electron chi connectivity index (χ2n) is 11.8. The van der Waals surface area contributed by atoms with Crippen LogP contribution >= 0.6 is 0 Å². The molecular weight excluding hydrogens is 542 g/mol. The molecule has 3 saturated heterocycles. The van der Waals surface area contributed by atoms with E-state index in [0.717, 1.165) is 24.0 Å². The first kappa shape index (κ1) is 30.7. The van der Waals surface area contributed by atoms with Crippen molar-refractivity contribution in [1.29, 1.82) is 0 Å². The van der Waals surface area contributed by atoms with Crippen LogP contribution in [0.15, 0.2) is 86.0 Å². The SMILES string of the molecule is C=CCN(CCCC)C(=O)C1N([C@H](CO)c2ccccc2)C(=O)[C@@H]2[C@H](C(=O)N(CC=C)Cc3ccccc3)[C@@H]3CCC12O3. The summed E-state index contributed by atoms with van der Waals surface area (Å²) < 4.78 is 6.70. The van der Waals surface area contributed by atoms with E-state index in [2.05, 4.69) is 20.1 Å². The molecule has 1 spiro atoms. The Kier molecular flexibility index (Phi) is 9.47. The van der Waals surface area contributed by atoms with Crippen molar-refractivity contribution in [2.45, 2.75) is 62.9 Å². The van der Waals surface area contributed by atoms with Gasteiger partial charge in [-0.3, -0.25) is 14.4 Å². The second kappa shape index (κ2) is 13.3. The minimum absolute atomic E-state index is 0.170. The number of carbonyl (C=O) groups is 3. The van der Waals surface area contributed by atoms with E-state index in [1.54, 1.807) is 26.9 Å². The van der Waals surface area contributed by atoms with Crippen molar-refractivity contribution in [3.8, 4) is 0 Å². The smallest absolute Gasteiger partial charge is 0.248 e. The molecule has 3 amide bonds. The predicted octanol–water partition coefficient (Wildman–Crippen LogP) is 4.12. The first-order chi connectivity index (χ1) is 20.9. The molecule has 0 saturated carbocycles. The molecule has 8 heteroatoms. The summed E-state index contributed by atoms with van der Waals surface area (Å²) in [5.41, 5.74) is 0.551. The third kappa shape index (κ3) is 5.54. The molecule has 6 atom stereocenters. The van der Waals surface area contributed by atoms with Crippen molar-refractivity contribution in [2.75, 3.05) is 26.2 Å². The minimum Gasteiger partial charge on any atom is -0.394 e. The number of rotatable bonds is 14. The van der Waals surface area contributed by atoms with Crippen LogP contribution in [-0.2, 0) is 25.7 Å². The fraction of sp³-hybridized carbons (Fsp3) is 0.457. The Morgan fingerprint density at radius 3 is 2.33 bits per heavy atom. The first-order valence-corrected chi connectivity index (χ1v) is 15.4. The average molecular weight is 586 g/mol. The Balaban J connectivity index is 1.57. The van der Waals surface area contributed by atoms with Gasteiger partial charge in [0.15, 0.2) is 0 Å². The van der Waals surface area contributed by atoms with Gasteiger partial charge in [-0.15, -0.1) is 13.2 Å². The van der Waals surface area contributed by atoms with Gasteiger partial charge in [-0.25, -0.2) is 0 Å². The van der Waals surface area contributed by atoms with Crippen molar-refractivity contribution in [3.05, 3.63) is 97.1 Å². The molecule has 3 aliphatic heterocycles. The molecule has 3 aliphatic rings. The minimum atomic E-state index is -1.15. The number of likely N-dealkylation sites (tertiary alicyclic amines) is 1. The Morgan fingerprint density at radius 2 is 1.70 bits per heavy atom. The number of fused-ring (bicyclic) bond motifs is 1. The van der Waals surface area contributed by atoms with E-state index >= 15 is 0 Å². The summed E-state index contributed by atoms with van der Waals surface area (Å²) in [6, 6.07) is 17.3. The van der Waals surface area contributed by atoms with Crippen LogP contribution in [0.5, 0.6) is 0 Å². The number of carbonyl (C=O) groups excluding carboxylic acids is 3. The number of hydrogen-bond acceptors (Lipinski definition) is 5. The molecule has 2 unspecified atom stereocenters. The van der Waals surface area contributed by atoms with Gasteiger partial charge in [0.05, 0.1) is 30.6 Å². The maximum atomic E-state index is 14.7. The molecule has 1 N–H and O–H groups in total. The quantitative estimate of drug-likeness (QED) is 0.337. The van der Waals surface area contributed by atoms with Gasteiger partial charge in [0.25, 0.3) is 0 Å². The van der Waals surface area contributed by atoms with E-state index in [1.807, 2.05) is 60.7 Å².